The van der Waals surface area contributed by atoms with Gasteiger partial charge in [-0.25, -0.2) is 0 Å². The normalized spacial score (nSPS) is 10.7. The van der Waals surface area contributed by atoms with Crippen molar-refractivity contribution in [3.05, 3.63) is 95.6 Å². The number of amides is 2. The van der Waals surface area contributed by atoms with Crippen LogP contribution in [0.25, 0.3) is 0 Å². The largest absolute Gasteiger partial charge is 0.490 e. The predicted molar refractivity (Wildman–Crippen MR) is 140 cm³/mol. The van der Waals surface area contributed by atoms with Crippen molar-refractivity contribution in [2.75, 3.05) is 13.2 Å². The topological polar surface area (TPSA) is 88.7 Å². The Morgan fingerprint density at radius 2 is 1.37 bits per heavy atom. The summed E-state index contributed by atoms with van der Waals surface area (Å²) in [5, 5.41) is 2.50. The summed E-state index contributed by atoms with van der Waals surface area (Å²) in [6.07, 6.45) is 0. The van der Waals surface area contributed by atoms with Crippen LogP contribution in [0.4, 0.5) is 0 Å². The van der Waals surface area contributed by atoms with Gasteiger partial charge in [-0.2, -0.15) is 0 Å². The van der Waals surface area contributed by atoms with Crippen LogP contribution in [0.1, 0.15) is 47.1 Å². The number of hydrogen-bond acceptors (Lipinski definition) is 5. The number of carbonyl (C=O) groups is 2. The maximum Gasteiger partial charge on any atom is 0.269 e. The summed E-state index contributed by atoms with van der Waals surface area (Å²) in [5.74, 6) is 0.492. The summed E-state index contributed by atoms with van der Waals surface area (Å²) in [6, 6.07) is 23.5. The molecular weight excluding hydrogens is 462 g/mol. The Morgan fingerprint density at radius 3 is 2.03 bits per heavy atom. The van der Waals surface area contributed by atoms with E-state index in [-0.39, 0.29) is 16.4 Å². The lowest BCUT2D eigenvalue weighted by Crippen LogP contribution is -2.48. The molecule has 2 amide bonds. The first-order valence-corrected chi connectivity index (χ1v) is 11.6. The molecule has 0 bridgehead atoms. The second kappa shape index (κ2) is 12.0. The van der Waals surface area contributed by atoms with Crippen molar-refractivity contribution in [2.45, 2.75) is 26.2 Å². The van der Waals surface area contributed by atoms with E-state index in [2.05, 4.69) is 36.9 Å². The zero-order valence-corrected chi connectivity index (χ0v) is 20.8. The van der Waals surface area contributed by atoms with Gasteiger partial charge in [0.25, 0.3) is 11.8 Å². The first-order chi connectivity index (χ1) is 16.7. The maximum atomic E-state index is 12.5. The van der Waals surface area contributed by atoms with Gasteiger partial charge in [-0.05, 0) is 65.7 Å². The van der Waals surface area contributed by atoms with Crippen LogP contribution in [-0.4, -0.2) is 30.1 Å². The number of para-hydroxylation sites is 1. The standard InChI is InChI=1S/C27H29N3O4S/c1-27(2,3)21-14-12-19(13-15-21)25(32)29-30-26(35)28-24(31)20-8-7-11-23(18-20)34-17-16-33-22-9-5-4-6-10-22/h4-15,18H,16-17H2,1-3H3,(H,29,32)(H2,28,30,31,35). The lowest BCUT2D eigenvalue weighted by Gasteiger charge is -2.19. The van der Waals surface area contributed by atoms with Gasteiger partial charge in [0.15, 0.2) is 5.11 Å². The Hall–Kier alpha value is -3.91. The molecule has 0 radical (unpaired) electrons. The number of benzene rings is 3. The van der Waals surface area contributed by atoms with Gasteiger partial charge in [-0.15, -0.1) is 0 Å². The minimum Gasteiger partial charge on any atom is -0.490 e. The molecule has 7 nitrogen and oxygen atoms in total. The number of nitrogens with one attached hydrogen (secondary N) is 3. The van der Waals surface area contributed by atoms with Gasteiger partial charge >= 0.3 is 0 Å². The van der Waals surface area contributed by atoms with Crippen LogP contribution >= 0.6 is 12.2 Å². The number of hydrogen-bond donors (Lipinski definition) is 3. The van der Waals surface area contributed by atoms with E-state index in [4.69, 9.17) is 21.7 Å². The number of ether oxygens (including phenoxy) is 2. The molecule has 0 saturated carbocycles. The predicted octanol–water partition coefficient (Wildman–Crippen LogP) is 4.39. The van der Waals surface area contributed by atoms with Crippen molar-refractivity contribution in [1.29, 1.82) is 0 Å². The molecule has 0 heterocycles. The molecule has 3 aromatic carbocycles. The summed E-state index contributed by atoms with van der Waals surface area (Å²) in [4.78, 5) is 24.9. The van der Waals surface area contributed by atoms with E-state index in [9.17, 15) is 9.59 Å². The van der Waals surface area contributed by atoms with Gasteiger partial charge in [0.2, 0.25) is 0 Å². The molecule has 0 spiro atoms. The van der Waals surface area contributed by atoms with Crippen molar-refractivity contribution < 1.29 is 19.1 Å². The second-order valence-electron chi connectivity index (χ2n) is 8.73. The summed E-state index contributed by atoms with van der Waals surface area (Å²) in [7, 11) is 0. The molecule has 3 rings (SSSR count). The van der Waals surface area contributed by atoms with Crippen LogP contribution in [0.2, 0.25) is 0 Å². The van der Waals surface area contributed by atoms with Crippen molar-refractivity contribution in [1.82, 2.24) is 16.2 Å². The Bertz CT molecular complexity index is 1160. The third-order valence-electron chi connectivity index (χ3n) is 4.99. The van der Waals surface area contributed by atoms with Crippen molar-refractivity contribution in [2.24, 2.45) is 0 Å². The molecule has 8 heteroatoms. The third-order valence-corrected chi connectivity index (χ3v) is 5.19. The monoisotopic (exact) mass is 491 g/mol. The van der Waals surface area contributed by atoms with Crippen LogP contribution in [0, 0.1) is 0 Å². The highest BCUT2D eigenvalue weighted by Gasteiger charge is 2.15. The van der Waals surface area contributed by atoms with Gasteiger partial charge in [0.1, 0.15) is 24.7 Å². The summed E-state index contributed by atoms with van der Waals surface area (Å²) < 4.78 is 11.3. The van der Waals surface area contributed by atoms with Crippen LogP contribution in [0.15, 0.2) is 78.9 Å². The highest BCUT2D eigenvalue weighted by atomic mass is 32.1. The van der Waals surface area contributed by atoms with Gasteiger partial charge < -0.3 is 9.47 Å². The van der Waals surface area contributed by atoms with Crippen LogP contribution < -0.4 is 25.6 Å². The molecular formula is C27H29N3O4S. The first-order valence-electron chi connectivity index (χ1n) is 11.2. The smallest absolute Gasteiger partial charge is 0.269 e. The summed E-state index contributed by atoms with van der Waals surface area (Å²) >= 11 is 5.13. The minimum atomic E-state index is -0.433. The molecule has 0 aliphatic heterocycles. The van der Waals surface area contributed by atoms with Crippen molar-refractivity contribution >= 4 is 29.1 Å². The third kappa shape index (κ3) is 8.12. The second-order valence-corrected chi connectivity index (χ2v) is 9.14. The highest BCUT2D eigenvalue weighted by Crippen LogP contribution is 2.22. The number of thiocarbonyl (C=S) groups is 1. The zero-order chi connectivity index (χ0) is 25.3. The Morgan fingerprint density at radius 1 is 0.743 bits per heavy atom. The van der Waals surface area contributed by atoms with E-state index in [1.54, 1.807) is 36.4 Å². The average molecular weight is 492 g/mol. The van der Waals surface area contributed by atoms with E-state index in [0.717, 1.165) is 11.3 Å². The van der Waals surface area contributed by atoms with E-state index in [0.29, 0.717) is 30.1 Å². The van der Waals surface area contributed by atoms with E-state index < -0.39 is 5.91 Å². The average Bonchev–Trinajstić information content (AvgIpc) is 2.85. The summed E-state index contributed by atoms with van der Waals surface area (Å²) in [6.45, 7) is 7.00. The Balaban J connectivity index is 1.44. The van der Waals surface area contributed by atoms with Crippen LogP contribution in [0.5, 0.6) is 11.5 Å². The van der Waals surface area contributed by atoms with E-state index in [1.807, 2.05) is 42.5 Å². The van der Waals surface area contributed by atoms with Gasteiger partial charge in [0, 0.05) is 11.1 Å². The summed E-state index contributed by atoms with van der Waals surface area (Å²) in [5.41, 5.74) is 7.00. The minimum absolute atomic E-state index is 0.00259. The molecule has 35 heavy (non-hydrogen) atoms. The molecule has 3 N–H and O–H groups in total. The molecule has 0 aliphatic carbocycles. The fraction of sp³-hybridized carbons (Fsp3) is 0.222. The Kier molecular flexibility index (Phi) is 8.80. The lowest BCUT2D eigenvalue weighted by atomic mass is 9.87. The number of carbonyl (C=O) groups excluding carboxylic acids is 2. The molecule has 182 valence electrons. The molecule has 0 aliphatic rings. The number of rotatable bonds is 7. The molecule has 0 atom stereocenters. The molecule has 3 aromatic rings. The fourth-order valence-corrected chi connectivity index (χ4v) is 3.22. The first kappa shape index (κ1) is 25.7. The zero-order valence-electron chi connectivity index (χ0n) is 20.0. The van der Waals surface area contributed by atoms with Gasteiger partial charge in [0.05, 0.1) is 0 Å². The van der Waals surface area contributed by atoms with E-state index >= 15 is 0 Å². The molecule has 0 unspecified atom stereocenters. The van der Waals surface area contributed by atoms with Crippen LogP contribution in [-0.2, 0) is 5.41 Å². The quantitative estimate of drug-likeness (QED) is 0.258. The van der Waals surface area contributed by atoms with Crippen molar-refractivity contribution in [3.63, 3.8) is 0 Å². The molecule has 0 saturated heterocycles. The lowest BCUT2D eigenvalue weighted by molar-refractivity contribution is 0.0934. The SMILES string of the molecule is CC(C)(C)c1ccc(C(=O)NNC(=S)NC(=O)c2cccc(OCCOc3ccccc3)c2)cc1. The number of hydrazine groups is 1. The molecule has 0 aromatic heterocycles. The van der Waals surface area contributed by atoms with Gasteiger partial charge in [-0.3, -0.25) is 25.8 Å². The van der Waals surface area contributed by atoms with E-state index in [1.165, 1.54) is 0 Å². The maximum absolute atomic E-state index is 12.5. The fourth-order valence-electron chi connectivity index (χ4n) is 3.08. The van der Waals surface area contributed by atoms with Crippen LogP contribution in [0.3, 0.4) is 0 Å². The molecule has 0 fully saturated rings. The Labute approximate surface area is 210 Å². The van der Waals surface area contributed by atoms with Crippen molar-refractivity contribution in [3.8, 4) is 11.5 Å². The van der Waals surface area contributed by atoms with Gasteiger partial charge in [-0.1, -0.05) is 57.2 Å². The highest BCUT2D eigenvalue weighted by molar-refractivity contribution is 7.80.